The van der Waals surface area contributed by atoms with Crippen LogP contribution in [-0.4, -0.2) is 32.5 Å². The summed E-state index contributed by atoms with van der Waals surface area (Å²) < 4.78 is 27.1. The number of amides is 2. The van der Waals surface area contributed by atoms with Crippen LogP contribution in [0.4, 0.5) is 11.4 Å². The average Bonchev–Trinajstić information content (AvgIpc) is 2.91. The molecule has 2 amide bonds. The number of benzene rings is 3. The van der Waals surface area contributed by atoms with Crippen LogP contribution in [-0.2, 0) is 19.6 Å². The van der Waals surface area contributed by atoms with E-state index in [-0.39, 0.29) is 17.2 Å². The van der Waals surface area contributed by atoms with Gasteiger partial charge in [-0.2, -0.15) is 0 Å². The number of nitrogens with two attached hydrogens (primary N) is 1. The average molecular weight is 428 g/mol. The van der Waals surface area contributed by atoms with Crippen LogP contribution in [0, 0.1) is 0 Å². The predicted octanol–water partition coefficient (Wildman–Crippen LogP) is 2.56. The Hall–Kier alpha value is -3.04. The molecule has 0 bridgehead atoms. The number of sulfonamides is 1. The molecular formula is C20H17N3O4S2. The lowest BCUT2D eigenvalue weighted by molar-refractivity contribution is -0.116. The number of rotatable bonds is 6. The summed E-state index contributed by atoms with van der Waals surface area (Å²) in [6.07, 6.45) is 0. The molecule has 4 rings (SSSR count). The second-order valence-corrected chi connectivity index (χ2v) is 9.29. The van der Waals surface area contributed by atoms with E-state index in [0.717, 1.165) is 9.69 Å². The standard InChI is InChI=1S/C20H17N3O4S2/c21-18(24)12-28-16-9-2-1-7-14(16)22-19(25)11-23-15-8-3-5-13-6-4-10-17(20(13)15)29(23,26)27/h1-10H,11-12H2,(H2,21,24)(H,22,25). The van der Waals surface area contributed by atoms with Crippen molar-refractivity contribution in [3.8, 4) is 0 Å². The molecule has 1 aliphatic heterocycles. The molecule has 3 aromatic carbocycles. The highest BCUT2D eigenvalue weighted by Gasteiger charge is 2.36. The van der Waals surface area contributed by atoms with Gasteiger partial charge in [-0.3, -0.25) is 13.9 Å². The van der Waals surface area contributed by atoms with E-state index >= 15 is 0 Å². The fourth-order valence-electron chi connectivity index (χ4n) is 3.29. The van der Waals surface area contributed by atoms with Crippen LogP contribution in [0.25, 0.3) is 10.8 Å². The fraction of sp³-hybridized carbons (Fsp3) is 0.100. The molecule has 0 unspecified atom stereocenters. The first-order valence-electron chi connectivity index (χ1n) is 8.72. The largest absolute Gasteiger partial charge is 0.369 e. The number of anilines is 2. The molecule has 0 aromatic heterocycles. The number of carbonyl (C=O) groups is 2. The minimum Gasteiger partial charge on any atom is -0.369 e. The molecule has 9 heteroatoms. The maximum absolute atomic E-state index is 13.0. The monoisotopic (exact) mass is 427 g/mol. The smallest absolute Gasteiger partial charge is 0.265 e. The zero-order valence-electron chi connectivity index (χ0n) is 15.2. The zero-order valence-corrected chi connectivity index (χ0v) is 16.8. The van der Waals surface area contributed by atoms with Crippen LogP contribution < -0.4 is 15.4 Å². The van der Waals surface area contributed by atoms with E-state index in [4.69, 9.17) is 5.73 Å². The summed E-state index contributed by atoms with van der Waals surface area (Å²) in [5.41, 5.74) is 6.17. The van der Waals surface area contributed by atoms with Crippen LogP contribution in [0.1, 0.15) is 0 Å². The van der Waals surface area contributed by atoms with Gasteiger partial charge in [-0.1, -0.05) is 36.4 Å². The van der Waals surface area contributed by atoms with Crippen molar-refractivity contribution in [1.82, 2.24) is 0 Å². The number of thioether (sulfide) groups is 1. The molecule has 0 fully saturated rings. The highest BCUT2D eigenvalue weighted by Crippen LogP contribution is 2.41. The second-order valence-electron chi connectivity index (χ2n) is 6.44. The Bertz CT molecular complexity index is 1240. The Morgan fingerprint density at radius 2 is 1.72 bits per heavy atom. The second kappa shape index (κ2) is 7.41. The van der Waals surface area contributed by atoms with Gasteiger partial charge in [-0.15, -0.1) is 11.8 Å². The van der Waals surface area contributed by atoms with Gasteiger partial charge >= 0.3 is 0 Å². The number of carbonyl (C=O) groups excluding carboxylic acids is 2. The summed E-state index contributed by atoms with van der Waals surface area (Å²) in [5, 5.41) is 4.17. The first-order valence-corrected chi connectivity index (χ1v) is 11.1. The highest BCUT2D eigenvalue weighted by atomic mass is 32.2. The Morgan fingerprint density at radius 3 is 2.48 bits per heavy atom. The van der Waals surface area contributed by atoms with E-state index in [0.29, 0.717) is 21.7 Å². The molecule has 3 aromatic rings. The Balaban J connectivity index is 1.59. The van der Waals surface area contributed by atoms with Gasteiger partial charge in [-0.25, -0.2) is 8.42 Å². The molecule has 0 saturated carbocycles. The van der Waals surface area contributed by atoms with Crippen LogP contribution >= 0.6 is 11.8 Å². The lowest BCUT2D eigenvalue weighted by Crippen LogP contribution is -2.35. The van der Waals surface area contributed by atoms with Crippen LogP contribution in [0.2, 0.25) is 0 Å². The van der Waals surface area contributed by atoms with Gasteiger partial charge in [0.1, 0.15) is 6.54 Å². The summed E-state index contributed by atoms with van der Waals surface area (Å²) in [6.45, 7) is -0.356. The fourth-order valence-corrected chi connectivity index (χ4v) is 5.71. The molecule has 0 atom stereocenters. The van der Waals surface area contributed by atoms with Gasteiger partial charge in [-0.05, 0) is 29.7 Å². The van der Waals surface area contributed by atoms with Gasteiger partial charge in [0.15, 0.2) is 0 Å². The first kappa shape index (κ1) is 19.3. The highest BCUT2D eigenvalue weighted by molar-refractivity contribution is 8.00. The number of primary amides is 1. The molecular weight excluding hydrogens is 410 g/mol. The van der Waals surface area contributed by atoms with E-state index in [1.165, 1.54) is 11.8 Å². The number of hydrogen-bond acceptors (Lipinski definition) is 5. The van der Waals surface area contributed by atoms with Crippen molar-refractivity contribution < 1.29 is 18.0 Å². The third kappa shape index (κ3) is 3.54. The van der Waals surface area contributed by atoms with Gasteiger partial charge in [0.2, 0.25) is 11.8 Å². The molecule has 29 heavy (non-hydrogen) atoms. The topological polar surface area (TPSA) is 110 Å². The van der Waals surface area contributed by atoms with Crippen molar-refractivity contribution in [3.63, 3.8) is 0 Å². The van der Waals surface area contributed by atoms with Crippen molar-refractivity contribution in [2.75, 3.05) is 21.9 Å². The molecule has 1 heterocycles. The van der Waals surface area contributed by atoms with E-state index in [2.05, 4.69) is 5.32 Å². The lowest BCUT2D eigenvalue weighted by atomic mass is 10.1. The minimum atomic E-state index is -3.81. The van der Waals surface area contributed by atoms with Gasteiger partial charge in [0, 0.05) is 10.3 Å². The van der Waals surface area contributed by atoms with Crippen molar-refractivity contribution in [2.45, 2.75) is 9.79 Å². The van der Waals surface area contributed by atoms with Crippen LogP contribution in [0.15, 0.2) is 70.5 Å². The Labute approximate surface area is 171 Å². The number of nitrogens with zero attached hydrogens (tertiary/aromatic N) is 1. The molecule has 0 aliphatic carbocycles. The number of para-hydroxylation sites is 1. The summed E-state index contributed by atoms with van der Waals surface area (Å²) in [5.74, 6) is -0.874. The van der Waals surface area contributed by atoms with Crippen molar-refractivity contribution in [1.29, 1.82) is 0 Å². The Morgan fingerprint density at radius 1 is 1.00 bits per heavy atom. The van der Waals surface area contributed by atoms with Gasteiger partial charge in [0.05, 0.1) is 22.0 Å². The number of nitrogens with one attached hydrogen (secondary N) is 1. The quantitative estimate of drug-likeness (QED) is 0.588. The van der Waals surface area contributed by atoms with Crippen LogP contribution in [0.3, 0.4) is 0 Å². The summed E-state index contributed by atoms with van der Waals surface area (Å²) in [6, 6.07) is 17.4. The van der Waals surface area contributed by atoms with E-state index in [1.54, 1.807) is 48.5 Å². The van der Waals surface area contributed by atoms with Crippen molar-refractivity contribution >= 4 is 55.7 Å². The molecule has 148 valence electrons. The summed E-state index contributed by atoms with van der Waals surface area (Å²) in [7, 11) is -3.81. The van der Waals surface area contributed by atoms with E-state index in [1.807, 2.05) is 12.1 Å². The molecule has 7 nitrogen and oxygen atoms in total. The minimum absolute atomic E-state index is 0.0741. The van der Waals surface area contributed by atoms with Crippen molar-refractivity contribution in [2.24, 2.45) is 5.73 Å². The van der Waals surface area contributed by atoms with Crippen LogP contribution in [0.5, 0.6) is 0 Å². The van der Waals surface area contributed by atoms with E-state index in [9.17, 15) is 18.0 Å². The third-order valence-electron chi connectivity index (χ3n) is 4.50. The maximum atomic E-state index is 13.0. The van der Waals surface area contributed by atoms with E-state index < -0.39 is 21.8 Å². The summed E-state index contributed by atoms with van der Waals surface area (Å²) >= 11 is 1.20. The third-order valence-corrected chi connectivity index (χ3v) is 7.40. The predicted molar refractivity (Wildman–Crippen MR) is 113 cm³/mol. The molecule has 0 saturated heterocycles. The van der Waals surface area contributed by atoms with Gasteiger partial charge in [0.25, 0.3) is 10.0 Å². The normalized spacial score (nSPS) is 14.1. The zero-order chi connectivity index (χ0) is 20.6. The number of hydrogen-bond donors (Lipinski definition) is 2. The SMILES string of the molecule is NC(=O)CSc1ccccc1NC(=O)CN1c2cccc3cccc(c23)S1(=O)=O. The molecule has 0 spiro atoms. The molecule has 0 radical (unpaired) electrons. The first-order chi connectivity index (χ1) is 13.9. The lowest BCUT2D eigenvalue weighted by Gasteiger charge is -2.19. The summed E-state index contributed by atoms with van der Waals surface area (Å²) in [4.78, 5) is 24.6. The van der Waals surface area contributed by atoms with Gasteiger partial charge < -0.3 is 11.1 Å². The maximum Gasteiger partial charge on any atom is 0.265 e. The van der Waals surface area contributed by atoms with Crippen molar-refractivity contribution in [3.05, 3.63) is 60.7 Å². The molecule has 1 aliphatic rings. The molecule has 3 N–H and O–H groups in total. The Kier molecular flexibility index (Phi) is 4.93.